The molecular formula is C65H72B3Cl4N6O13S6U. The second-order valence-corrected chi connectivity index (χ2v) is 36.0. The normalized spacial score (nSPS) is 22.0. The summed E-state index contributed by atoms with van der Waals surface area (Å²) in [5.74, 6) is 0.0556. The van der Waals surface area contributed by atoms with Crippen molar-refractivity contribution >= 4 is 137 Å². The zero-order chi connectivity index (χ0) is 71.3. The van der Waals surface area contributed by atoms with Crippen molar-refractivity contribution in [2.45, 2.75) is 112 Å². The van der Waals surface area contributed by atoms with Crippen LogP contribution >= 0.6 is 58.2 Å². The van der Waals surface area contributed by atoms with E-state index in [2.05, 4.69) is 90.7 Å². The Labute approximate surface area is 628 Å². The second kappa shape index (κ2) is 36.3. The molecular weight excluding hydrogens is 1680 g/mol. The average Bonchev–Trinajstić information content (AvgIpc) is 1.57. The minimum absolute atomic E-state index is 0. The van der Waals surface area contributed by atoms with E-state index in [9.17, 15) is 52.0 Å². The maximum atomic E-state index is 11.8. The molecule has 0 aliphatic carbocycles. The molecule has 0 spiro atoms. The number of hydrogen-bond donors (Lipinski definition) is 3. The molecule has 7 aliphatic heterocycles. The molecule has 0 amide bonds. The SMILES string of the molecule is CB1OC(c2ccccc2)(c2ccccc2)[C@H]2CCCN12.CSC.N[C@@H]1CCS(=O)(=O)c2ccc(Cl)cc21.N[C@@H]1CCS(=O)(=O)c2ccccc21.O=C1CCS(=O)(=O)c2ccc(Cl)cc21.O=S1(=O)CC[C@H](O)c2cc(Cl)ccc21.[2H][B].[B].[N-]=[N+]=N[C@@H]1CCS(=O)(=O)c2ccc(Cl)cc21.[U]. The number of hydrogen-bond acceptors (Lipinski definition) is 18. The number of thioether (sulfide) groups is 1. The fourth-order valence-electron chi connectivity index (χ4n) is 12.2. The van der Waals surface area contributed by atoms with Crippen molar-refractivity contribution in [2.75, 3.05) is 47.8 Å². The maximum absolute atomic E-state index is 11.8. The molecule has 0 unspecified atom stereocenters. The summed E-state index contributed by atoms with van der Waals surface area (Å²) in [5.41, 5.74) is 24.8. The van der Waals surface area contributed by atoms with E-state index in [1.807, 2.05) is 18.6 Å². The zero-order valence-electron chi connectivity index (χ0n) is 54.6. The quantitative estimate of drug-likeness (QED) is 0.0640. The third-order valence-corrected chi connectivity index (χ3v) is 26.7. The van der Waals surface area contributed by atoms with Gasteiger partial charge in [-0.15, -0.1) is 0 Å². The minimum atomic E-state index is -3.27. The molecule has 5 atom stereocenters. The van der Waals surface area contributed by atoms with Gasteiger partial charge in [0.05, 0.1) is 65.4 Å². The molecule has 0 bridgehead atoms. The molecule has 7 heterocycles. The number of sulfone groups is 5. The molecule has 14 rings (SSSR count). The van der Waals surface area contributed by atoms with Gasteiger partial charge >= 0.3 is 7.05 Å². The fourth-order valence-corrected chi connectivity index (χ4v) is 20.8. The van der Waals surface area contributed by atoms with Crippen LogP contribution in [0.1, 0.15) is 113 Å². The number of nitrogens with two attached hydrogens (primary N) is 2. The largest absolute Gasteiger partial charge is 0.406 e. The number of azide groups is 1. The summed E-state index contributed by atoms with van der Waals surface area (Å²) in [6, 6.07) is 46.1. The summed E-state index contributed by atoms with van der Waals surface area (Å²) in [7, 11) is -12.0. The molecule has 517 valence electrons. The zero-order valence-corrected chi connectivity index (χ0v) is 65.7. The van der Waals surface area contributed by atoms with Gasteiger partial charge in [-0.3, -0.25) is 4.79 Å². The van der Waals surface area contributed by atoms with Crippen molar-refractivity contribution < 1.29 is 87.8 Å². The van der Waals surface area contributed by atoms with Crippen LogP contribution in [-0.4, -0.2) is 137 Å². The van der Waals surface area contributed by atoms with E-state index in [4.69, 9.17) is 69.4 Å². The van der Waals surface area contributed by atoms with Crippen LogP contribution in [-0.2, 0) is 59.4 Å². The molecule has 98 heavy (non-hydrogen) atoms. The molecule has 2 saturated heterocycles. The molecule has 2 fully saturated rings. The van der Waals surface area contributed by atoms with Crippen molar-refractivity contribution in [2.24, 2.45) is 16.6 Å². The predicted octanol–water partition coefficient (Wildman–Crippen LogP) is 12.0. The summed E-state index contributed by atoms with van der Waals surface area (Å²) in [4.78, 5) is 17.9. The van der Waals surface area contributed by atoms with E-state index in [-0.39, 0.29) is 132 Å². The van der Waals surface area contributed by atoms with Crippen molar-refractivity contribution in [3.63, 3.8) is 0 Å². The van der Waals surface area contributed by atoms with Gasteiger partial charge in [-0.05, 0) is 178 Å². The average molecular weight is 1750 g/mol. The van der Waals surface area contributed by atoms with E-state index in [1.165, 1.54) is 78.6 Å². The number of ketones is 1. The number of fused-ring (bicyclic) bond motifs is 6. The van der Waals surface area contributed by atoms with Gasteiger partial charge in [-0.2, -0.15) is 11.8 Å². The van der Waals surface area contributed by atoms with Crippen LogP contribution in [0.5, 0.6) is 0 Å². The van der Waals surface area contributed by atoms with Crippen LogP contribution in [0.25, 0.3) is 10.4 Å². The van der Waals surface area contributed by atoms with Gasteiger partial charge in [-0.25, -0.2) is 42.1 Å². The number of carbonyl (C=O) groups is 1. The Morgan fingerprint density at radius 1 is 0.582 bits per heavy atom. The van der Waals surface area contributed by atoms with Gasteiger partial charge in [0.25, 0.3) is 0 Å². The molecule has 33 heteroatoms. The van der Waals surface area contributed by atoms with E-state index in [0.29, 0.717) is 71.9 Å². The van der Waals surface area contributed by atoms with Crippen LogP contribution in [0.3, 0.4) is 0 Å². The van der Waals surface area contributed by atoms with E-state index < -0.39 is 61.3 Å². The van der Waals surface area contributed by atoms with E-state index in [0.717, 1.165) is 12.1 Å². The van der Waals surface area contributed by atoms with Gasteiger partial charge < -0.3 is 26.0 Å². The van der Waals surface area contributed by atoms with Gasteiger partial charge in [0, 0.05) is 109 Å². The number of carbonyl (C=O) groups excluding carboxylic acids is 1. The molecule has 7 aromatic carbocycles. The third-order valence-electron chi connectivity index (χ3n) is 16.8. The van der Waals surface area contributed by atoms with Gasteiger partial charge in [0.1, 0.15) is 5.60 Å². The van der Waals surface area contributed by atoms with Crippen molar-refractivity contribution in [1.29, 1.82) is 1.34 Å². The first-order valence-electron chi connectivity index (χ1n) is 30.6. The Morgan fingerprint density at radius 2 is 0.980 bits per heavy atom. The number of rotatable bonds is 3. The number of Topliss-reactive ketones (excluding diaryl/α,β-unsaturated/α-hetero) is 1. The van der Waals surface area contributed by atoms with Crippen LogP contribution in [0.2, 0.25) is 26.9 Å². The molecule has 7 aliphatic rings. The number of benzene rings is 7. The van der Waals surface area contributed by atoms with Crippen molar-refractivity contribution in [3.8, 4) is 0 Å². The van der Waals surface area contributed by atoms with Crippen molar-refractivity contribution in [1.82, 2.24) is 4.81 Å². The van der Waals surface area contributed by atoms with Gasteiger partial charge in [-0.1, -0.05) is 130 Å². The van der Waals surface area contributed by atoms with E-state index in [1.54, 1.807) is 48.2 Å². The topological polar surface area (TPSA) is 321 Å². The first-order valence-corrected chi connectivity index (χ1v) is 41.4. The van der Waals surface area contributed by atoms with Gasteiger partial charge in [0.2, 0.25) is 0 Å². The smallest absolute Gasteiger partial charge is 0.380 e. The second-order valence-electron chi connectivity index (χ2n) is 23.1. The Balaban J connectivity index is 0.000000212. The number of aliphatic hydroxyl groups excluding tert-OH is 1. The Morgan fingerprint density at radius 3 is 1.49 bits per heavy atom. The minimum Gasteiger partial charge on any atom is -0.406 e. The van der Waals surface area contributed by atoms with Crippen LogP contribution in [0.15, 0.2) is 187 Å². The predicted molar refractivity (Wildman–Crippen MR) is 389 cm³/mol. The first-order chi connectivity index (χ1) is 45.9. The summed E-state index contributed by atoms with van der Waals surface area (Å²) < 4.78 is 128. The monoisotopic (exact) mass is 1750 g/mol. The van der Waals surface area contributed by atoms with Crippen LogP contribution < -0.4 is 11.5 Å². The Kier molecular flexibility index (Phi) is 30.7. The van der Waals surface area contributed by atoms with Crippen LogP contribution in [0.4, 0.5) is 0 Å². The van der Waals surface area contributed by atoms with Gasteiger partial charge in [0.15, 0.2) is 55.0 Å². The molecule has 0 aromatic heterocycles. The molecule has 5 radical (unpaired) electrons. The molecule has 19 nitrogen and oxygen atoms in total. The number of aliphatic hydroxyl groups is 1. The summed E-state index contributed by atoms with van der Waals surface area (Å²) in [5, 5.41) is 15.0. The Hall–Kier alpha value is -4.17. The molecule has 7 aromatic rings. The van der Waals surface area contributed by atoms with E-state index >= 15 is 0 Å². The summed E-state index contributed by atoms with van der Waals surface area (Å²) >= 11 is 24.8. The first kappa shape index (κ1) is 82.8. The number of halogens is 4. The third kappa shape index (κ3) is 20.0. The summed E-state index contributed by atoms with van der Waals surface area (Å²) in [6.45, 7) is 3.33. The maximum Gasteiger partial charge on any atom is 0.380 e. The fraction of sp³-hybridized carbons (Fsp3) is 0.338. The summed E-state index contributed by atoms with van der Waals surface area (Å²) in [6.07, 6.45) is 7.43. The Bertz CT molecular complexity index is 4480. The van der Waals surface area contributed by atoms with Crippen molar-refractivity contribution in [3.05, 3.63) is 227 Å². The molecule has 5 N–H and O–H groups in total. The van der Waals surface area contributed by atoms with Crippen LogP contribution in [0, 0.1) is 31.1 Å². The number of nitrogens with zero attached hydrogens (tertiary/aromatic N) is 4. The standard InChI is InChI=1S/C18H20BNO.C9H8ClN3O2S.C9H10ClNO2S.C9H9ClO3S.C9H7ClO3S.C9H11NO2S.C2H6S.BH.B.U/c1-19-20-14-8-13-17(20)18(21-19,15-9-4-2-5-10-15)16-11-6-3-7-12-16;10-6-1-2-9-7(5-6)8(12-13-11)3-4-16(9,14)15;3*10-6-1-2-9-7(5-6)8(11)3-4-14(9,12)13;10-8-5-6-13(11,12)9-4-2-1-3-7(8)9;1-3-2;;;/h2-7,9-12,17H,8,13-14H2,1H3;1-2,5,8H,3-4H2;1-2,5,8H,3-4,11H2;1-2,5,8,11H,3-4H2;1-2,5H,3-4H2;1-4,8H,5-6,10H2;1-2H3;1H;;/t17-;3*8-;;8-;;;;/m1110.1..../s1/i;;;;;;;1D;;. The molecule has 0 saturated carbocycles.